The summed E-state index contributed by atoms with van der Waals surface area (Å²) >= 11 is 0. The number of nitro benzene ring substituents is 1. The van der Waals surface area contributed by atoms with Gasteiger partial charge in [-0.25, -0.2) is 0 Å². The van der Waals surface area contributed by atoms with Gasteiger partial charge in [0.15, 0.2) is 0 Å². The molecule has 0 aromatic heterocycles. The minimum absolute atomic E-state index is 0.0942. The summed E-state index contributed by atoms with van der Waals surface area (Å²) in [5, 5.41) is 13.9. The average molecular weight is 238 g/mol. The monoisotopic (exact) mass is 238 g/mol. The number of para-hydroxylation sites is 1. The van der Waals surface area contributed by atoms with E-state index in [-0.39, 0.29) is 16.7 Å². The molecule has 1 rings (SSSR count). The number of rotatable bonds is 6. The van der Waals surface area contributed by atoms with Crippen LogP contribution in [0.4, 0.5) is 11.4 Å². The lowest BCUT2D eigenvalue weighted by atomic mass is 10.1. The van der Waals surface area contributed by atoms with Crippen molar-refractivity contribution < 1.29 is 9.66 Å². The Hall–Kier alpha value is -1.62. The molecule has 0 atom stereocenters. The number of nitro groups is 1. The summed E-state index contributed by atoms with van der Waals surface area (Å²) in [6, 6.07) is 5.02. The third-order valence-electron chi connectivity index (χ3n) is 2.25. The molecule has 0 spiro atoms. The van der Waals surface area contributed by atoms with Gasteiger partial charge in [0.2, 0.25) is 0 Å². The zero-order chi connectivity index (χ0) is 12.8. The van der Waals surface area contributed by atoms with Crippen LogP contribution in [0.3, 0.4) is 0 Å². The van der Waals surface area contributed by atoms with Crippen molar-refractivity contribution in [2.75, 3.05) is 11.9 Å². The Morgan fingerprint density at radius 3 is 2.71 bits per heavy atom. The predicted octanol–water partition coefficient (Wildman–Crippen LogP) is 2.95. The lowest BCUT2D eigenvalue weighted by molar-refractivity contribution is -0.384. The highest BCUT2D eigenvalue weighted by atomic mass is 16.6. The fraction of sp³-hybridized carbons (Fsp3) is 0.500. The highest BCUT2D eigenvalue weighted by molar-refractivity contribution is 5.66. The molecule has 17 heavy (non-hydrogen) atoms. The zero-order valence-corrected chi connectivity index (χ0v) is 10.4. The molecule has 1 N–H and O–H groups in total. The van der Waals surface area contributed by atoms with Gasteiger partial charge < -0.3 is 10.1 Å². The molecule has 0 bridgehead atoms. The van der Waals surface area contributed by atoms with Crippen molar-refractivity contribution in [1.82, 2.24) is 0 Å². The van der Waals surface area contributed by atoms with Gasteiger partial charge in [-0.05, 0) is 20.8 Å². The third-order valence-corrected chi connectivity index (χ3v) is 2.25. The Bertz CT molecular complexity index is 391. The highest BCUT2D eigenvalue weighted by Gasteiger charge is 2.16. The van der Waals surface area contributed by atoms with Gasteiger partial charge in [-0.3, -0.25) is 10.1 Å². The Kier molecular flexibility index (Phi) is 4.90. The molecule has 1 aromatic carbocycles. The number of nitrogens with zero attached hydrogens (tertiary/aromatic N) is 1. The quantitative estimate of drug-likeness (QED) is 0.611. The van der Waals surface area contributed by atoms with E-state index in [1.165, 1.54) is 6.07 Å². The van der Waals surface area contributed by atoms with Crippen LogP contribution in [-0.4, -0.2) is 17.6 Å². The lowest BCUT2D eigenvalue weighted by Crippen LogP contribution is -2.08. The van der Waals surface area contributed by atoms with E-state index in [2.05, 4.69) is 5.32 Å². The molecular formula is C12H18N2O3. The normalized spacial score (nSPS) is 10.6. The molecule has 0 amide bonds. The number of hydrogen-bond acceptors (Lipinski definition) is 4. The largest absolute Gasteiger partial charge is 0.379 e. The molecule has 0 fully saturated rings. The molecule has 0 unspecified atom stereocenters. The van der Waals surface area contributed by atoms with E-state index in [0.29, 0.717) is 18.8 Å². The second kappa shape index (κ2) is 6.20. The van der Waals surface area contributed by atoms with Crippen molar-refractivity contribution in [1.29, 1.82) is 0 Å². The molecule has 0 radical (unpaired) electrons. The molecule has 5 nitrogen and oxygen atoms in total. The van der Waals surface area contributed by atoms with Crippen molar-refractivity contribution in [3.63, 3.8) is 0 Å². The van der Waals surface area contributed by atoms with Gasteiger partial charge >= 0.3 is 0 Å². The third kappa shape index (κ3) is 3.71. The number of anilines is 1. The maximum Gasteiger partial charge on any atom is 0.292 e. The number of ether oxygens (including phenoxy) is 1. The number of nitrogens with one attached hydrogen (secondary N) is 1. The van der Waals surface area contributed by atoms with Crippen molar-refractivity contribution in [2.24, 2.45) is 0 Å². The summed E-state index contributed by atoms with van der Waals surface area (Å²) in [5.41, 5.74) is 1.46. The fourth-order valence-electron chi connectivity index (χ4n) is 1.50. The molecule has 0 saturated carbocycles. The van der Waals surface area contributed by atoms with Crippen LogP contribution in [0.15, 0.2) is 18.2 Å². The number of benzene rings is 1. The molecule has 0 heterocycles. The van der Waals surface area contributed by atoms with Crippen LogP contribution in [-0.2, 0) is 11.3 Å². The highest BCUT2D eigenvalue weighted by Crippen LogP contribution is 2.28. The van der Waals surface area contributed by atoms with E-state index in [1.54, 1.807) is 6.07 Å². The average Bonchev–Trinajstić information content (AvgIpc) is 2.27. The summed E-state index contributed by atoms with van der Waals surface area (Å²) in [7, 11) is 0. The molecule has 94 valence electrons. The minimum atomic E-state index is -0.378. The summed E-state index contributed by atoms with van der Waals surface area (Å²) in [5.74, 6) is 0. The second-order valence-electron chi connectivity index (χ2n) is 3.96. The van der Waals surface area contributed by atoms with Gasteiger partial charge in [0.1, 0.15) is 5.69 Å². The van der Waals surface area contributed by atoms with Gasteiger partial charge in [0.25, 0.3) is 5.69 Å². The predicted molar refractivity (Wildman–Crippen MR) is 67.2 cm³/mol. The second-order valence-corrected chi connectivity index (χ2v) is 3.96. The topological polar surface area (TPSA) is 64.4 Å². The van der Waals surface area contributed by atoms with Crippen molar-refractivity contribution in [2.45, 2.75) is 33.5 Å². The molecule has 0 aliphatic rings. The van der Waals surface area contributed by atoms with Gasteiger partial charge in [-0.15, -0.1) is 0 Å². The van der Waals surface area contributed by atoms with Crippen molar-refractivity contribution in [3.8, 4) is 0 Å². The van der Waals surface area contributed by atoms with E-state index in [1.807, 2.05) is 26.8 Å². The molecule has 0 saturated heterocycles. The van der Waals surface area contributed by atoms with Crippen LogP contribution in [0.25, 0.3) is 0 Å². The van der Waals surface area contributed by atoms with E-state index < -0.39 is 0 Å². The van der Waals surface area contributed by atoms with E-state index in [4.69, 9.17) is 4.74 Å². The first kappa shape index (κ1) is 13.4. The Labute approximate surface area is 101 Å². The molecule has 5 heteroatoms. The van der Waals surface area contributed by atoms with Gasteiger partial charge in [0, 0.05) is 18.2 Å². The Morgan fingerprint density at radius 1 is 1.47 bits per heavy atom. The zero-order valence-electron chi connectivity index (χ0n) is 10.4. The lowest BCUT2D eigenvalue weighted by Gasteiger charge is -2.13. The van der Waals surface area contributed by atoms with Crippen LogP contribution < -0.4 is 5.32 Å². The first-order valence-corrected chi connectivity index (χ1v) is 5.68. The van der Waals surface area contributed by atoms with Crippen LogP contribution >= 0.6 is 0 Å². The summed E-state index contributed by atoms with van der Waals surface area (Å²) < 4.78 is 5.49. The van der Waals surface area contributed by atoms with Gasteiger partial charge in [0.05, 0.1) is 17.6 Å². The molecule has 1 aromatic rings. The fourth-order valence-corrected chi connectivity index (χ4v) is 1.50. The maximum atomic E-state index is 10.9. The Balaban J connectivity index is 3.01. The maximum absolute atomic E-state index is 10.9. The Morgan fingerprint density at radius 2 is 2.18 bits per heavy atom. The van der Waals surface area contributed by atoms with E-state index >= 15 is 0 Å². The van der Waals surface area contributed by atoms with Crippen LogP contribution in [0.2, 0.25) is 0 Å². The van der Waals surface area contributed by atoms with Crippen LogP contribution in [0.5, 0.6) is 0 Å². The summed E-state index contributed by atoms with van der Waals surface area (Å²) in [4.78, 5) is 10.5. The molecule has 0 aliphatic heterocycles. The first-order chi connectivity index (χ1) is 8.06. The number of hydrogen-bond donors (Lipinski definition) is 1. The molecular weight excluding hydrogens is 220 g/mol. The first-order valence-electron chi connectivity index (χ1n) is 5.68. The van der Waals surface area contributed by atoms with E-state index in [9.17, 15) is 10.1 Å². The summed E-state index contributed by atoms with van der Waals surface area (Å²) in [6.45, 7) is 6.79. The van der Waals surface area contributed by atoms with E-state index in [0.717, 1.165) is 5.56 Å². The van der Waals surface area contributed by atoms with Gasteiger partial charge in [-0.2, -0.15) is 0 Å². The molecule has 0 aliphatic carbocycles. The van der Waals surface area contributed by atoms with Crippen molar-refractivity contribution >= 4 is 11.4 Å². The smallest absolute Gasteiger partial charge is 0.292 e. The summed E-state index contributed by atoms with van der Waals surface area (Å²) in [6.07, 6.45) is 0.101. The standard InChI is InChI=1S/C12H18N2O3/c1-4-13-12-10(8-17-9(2)3)6-5-7-11(12)14(15)16/h5-7,9,13H,4,8H2,1-3H3. The minimum Gasteiger partial charge on any atom is -0.379 e. The van der Waals surface area contributed by atoms with Crippen molar-refractivity contribution in [3.05, 3.63) is 33.9 Å². The SMILES string of the molecule is CCNc1c(COC(C)C)cccc1[N+](=O)[O-]. The van der Waals surface area contributed by atoms with Crippen LogP contribution in [0, 0.1) is 10.1 Å². The van der Waals surface area contributed by atoms with Crippen LogP contribution in [0.1, 0.15) is 26.3 Å². The van der Waals surface area contributed by atoms with Gasteiger partial charge in [-0.1, -0.05) is 12.1 Å².